The highest BCUT2D eigenvalue weighted by molar-refractivity contribution is 9.10. The molecule has 0 radical (unpaired) electrons. The Kier molecular flexibility index (Phi) is 5.73. The first-order valence-electron chi connectivity index (χ1n) is 7.87. The second-order valence-corrected chi connectivity index (χ2v) is 7.70. The number of ether oxygens (including phenoxy) is 1. The van der Waals surface area contributed by atoms with Gasteiger partial charge in [-0.3, -0.25) is 0 Å². The van der Waals surface area contributed by atoms with Crippen LogP contribution in [0.15, 0.2) is 16.9 Å². The minimum Gasteiger partial charge on any atom is -0.444 e. The van der Waals surface area contributed by atoms with Crippen molar-refractivity contribution in [2.75, 3.05) is 30.7 Å². The first-order chi connectivity index (χ1) is 10.7. The fourth-order valence-corrected chi connectivity index (χ4v) is 2.83. The number of hydrogen-bond donors (Lipinski definition) is 2. The van der Waals surface area contributed by atoms with Crippen LogP contribution in [0.5, 0.6) is 0 Å². The monoisotopic (exact) mass is 384 g/mol. The molecule has 0 spiro atoms. The number of halogens is 1. The van der Waals surface area contributed by atoms with Crippen molar-refractivity contribution >= 4 is 33.4 Å². The molecule has 1 aromatic rings. The maximum atomic E-state index is 12.0. The van der Waals surface area contributed by atoms with Crippen LogP contribution in [0.4, 0.5) is 16.2 Å². The van der Waals surface area contributed by atoms with Crippen LogP contribution in [0.2, 0.25) is 0 Å². The van der Waals surface area contributed by atoms with Gasteiger partial charge in [0, 0.05) is 19.6 Å². The minimum absolute atomic E-state index is 0.216. The molecule has 7 heteroatoms. The quantitative estimate of drug-likeness (QED) is 0.779. The molecular weight excluding hydrogens is 360 g/mol. The third-order valence-electron chi connectivity index (χ3n) is 3.75. The van der Waals surface area contributed by atoms with Gasteiger partial charge in [0.25, 0.3) is 0 Å². The predicted octanol–water partition coefficient (Wildman–Crippen LogP) is 3.49. The molecule has 1 aliphatic heterocycles. The first kappa shape index (κ1) is 17.8. The molecule has 1 aliphatic rings. The van der Waals surface area contributed by atoms with E-state index in [0.717, 1.165) is 42.8 Å². The SMILES string of the molecule is CC(C)(C)OC(=O)N1CCC(CNc2cc(Br)ncc2N)CC1. The molecule has 0 unspecified atom stereocenters. The van der Waals surface area contributed by atoms with Crippen LogP contribution in [-0.4, -0.2) is 41.2 Å². The summed E-state index contributed by atoms with van der Waals surface area (Å²) in [6.45, 7) is 7.97. The molecule has 128 valence electrons. The summed E-state index contributed by atoms with van der Waals surface area (Å²) in [5.41, 5.74) is 7.00. The maximum absolute atomic E-state index is 12.0. The number of nitrogens with two attached hydrogens (primary N) is 1. The van der Waals surface area contributed by atoms with E-state index in [4.69, 9.17) is 10.5 Å². The molecule has 0 saturated carbocycles. The van der Waals surface area contributed by atoms with E-state index in [1.165, 1.54) is 0 Å². The minimum atomic E-state index is -0.443. The molecule has 1 aromatic heterocycles. The third-order valence-corrected chi connectivity index (χ3v) is 4.18. The largest absolute Gasteiger partial charge is 0.444 e. The van der Waals surface area contributed by atoms with Gasteiger partial charge in [-0.15, -0.1) is 0 Å². The maximum Gasteiger partial charge on any atom is 0.410 e. The molecule has 2 rings (SSSR count). The van der Waals surface area contributed by atoms with E-state index in [-0.39, 0.29) is 6.09 Å². The number of anilines is 2. The van der Waals surface area contributed by atoms with E-state index < -0.39 is 5.60 Å². The fraction of sp³-hybridized carbons (Fsp3) is 0.625. The second-order valence-electron chi connectivity index (χ2n) is 6.89. The van der Waals surface area contributed by atoms with Gasteiger partial charge in [-0.05, 0) is 61.5 Å². The Labute approximate surface area is 145 Å². The molecule has 23 heavy (non-hydrogen) atoms. The number of rotatable bonds is 3. The lowest BCUT2D eigenvalue weighted by atomic mass is 9.97. The molecule has 0 aromatic carbocycles. The zero-order valence-corrected chi connectivity index (χ0v) is 15.5. The van der Waals surface area contributed by atoms with Gasteiger partial charge in [-0.1, -0.05) is 0 Å². The summed E-state index contributed by atoms with van der Waals surface area (Å²) in [7, 11) is 0. The molecule has 0 bridgehead atoms. The molecule has 0 atom stereocenters. The van der Waals surface area contributed by atoms with Crippen LogP contribution in [0.1, 0.15) is 33.6 Å². The van der Waals surface area contributed by atoms with Gasteiger partial charge in [0.15, 0.2) is 0 Å². The number of amides is 1. The molecule has 2 heterocycles. The summed E-state index contributed by atoms with van der Waals surface area (Å²) in [6.07, 6.45) is 3.33. The number of carbonyl (C=O) groups is 1. The van der Waals surface area contributed by atoms with Crippen molar-refractivity contribution in [1.29, 1.82) is 0 Å². The number of carbonyl (C=O) groups excluding carboxylic acids is 1. The summed E-state index contributed by atoms with van der Waals surface area (Å²) in [5.74, 6) is 0.514. The predicted molar refractivity (Wildman–Crippen MR) is 95.4 cm³/mol. The van der Waals surface area contributed by atoms with Crippen LogP contribution in [-0.2, 0) is 4.74 Å². The number of hydrogen-bond acceptors (Lipinski definition) is 5. The zero-order valence-electron chi connectivity index (χ0n) is 13.9. The average molecular weight is 385 g/mol. The average Bonchev–Trinajstić information content (AvgIpc) is 2.47. The highest BCUT2D eigenvalue weighted by atomic mass is 79.9. The van der Waals surface area contributed by atoms with E-state index >= 15 is 0 Å². The lowest BCUT2D eigenvalue weighted by Crippen LogP contribution is -2.42. The highest BCUT2D eigenvalue weighted by Gasteiger charge is 2.26. The van der Waals surface area contributed by atoms with Crippen molar-refractivity contribution in [2.24, 2.45) is 5.92 Å². The van der Waals surface area contributed by atoms with Crippen molar-refractivity contribution < 1.29 is 9.53 Å². The number of aromatic nitrogens is 1. The Morgan fingerprint density at radius 1 is 1.48 bits per heavy atom. The van der Waals surface area contributed by atoms with Crippen LogP contribution in [0.3, 0.4) is 0 Å². The van der Waals surface area contributed by atoms with E-state index in [1.807, 2.05) is 26.8 Å². The van der Waals surface area contributed by atoms with E-state index in [0.29, 0.717) is 11.6 Å². The van der Waals surface area contributed by atoms with Crippen LogP contribution in [0, 0.1) is 5.92 Å². The lowest BCUT2D eigenvalue weighted by molar-refractivity contribution is 0.0188. The Hall–Kier alpha value is -1.50. The summed E-state index contributed by atoms with van der Waals surface area (Å²) in [6, 6.07) is 1.88. The molecule has 1 saturated heterocycles. The lowest BCUT2D eigenvalue weighted by Gasteiger charge is -2.33. The van der Waals surface area contributed by atoms with Crippen molar-refractivity contribution in [1.82, 2.24) is 9.88 Å². The normalized spacial score (nSPS) is 16.3. The summed E-state index contributed by atoms with van der Waals surface area (Å²) < 4.78 is 6.17. The van der Waals surface area contributed by atoms with Crippen LogP contribution in [0.25, 0.3) is 0 Å². The number of piperidine rings is 1. The molecule has 1 amide bonds. The van der Waals surface area contributed by atoms with Gasteiger partial charge < -0.3 is 20.7 Å². The third kappa shape index (κ3) is 5.57. The summed E-state index contributed by atoms with van der Waals surface area (Å²) in [4.78, 5) is 17.9. The number of nitrogens with one attached hydrogen (secondary N) is 1. The second kappa shape index (κ2) is 7.38. The van der Waals surface area contributed by atoms with Gasteiger partial charge in [0.1, 0.15) is 10.2 Å². The Morgan fingerprint density at radius 3 is 2.74 bits per heavy atom. The summed E-state index contributed by atoms with van der Waals surface area (Å²) >= 11 is 3.35. The van der Waals surface area contributed by atoms with Gasteiger partial charge in [-0.25, -0.2) is 9.78 Å². The number of pyridine rings is 1. The Balaban J connectivity index is 1.79. The fourth-order valence-electron chi connectivity index (χ4n) is 2.49. The Bertz CT molecular complexity index is 552. The van der Waals surface area contributed by atoms with E-state index in [9.17, 15) is 4.79 Å². The molecule has 0 aliphatic carbocycles. The van der Waals surface area contributed by atoms with Crippen molar-refractivity contribution in [2.45, 2.75) is 39.2 Å². The molecular formula is C16H25BrN4O2. The number of likely N-dealkylation sites (tertiary alicyclic amines) is 1. The number of nitrogens with zero attached hydrogens (tertiary/aromatic N) is 2. The Morgan fingerprint density at radius 2 is 2.13 bits per heavy atom. The smallest absolute Gasteiger partial charge is 0.410 e. The van der Waals surface area contributed by atoms with Crippen molar-refractivity contribution in [3.05, 3.63) is 16.9 Å². The van der Waals surface area contributed by atoms with Crippen LogP contribution < -0.4 is 11.1 Å². The van der Waals surface area contributed by atoms with Crippen molar-refractivity contribution in [3.63, 3.8) is 0 Å². The molecule has 1 fully saturated rings. The zero-order chi connectivity index (χ0) is 17.0. The summed E-state index contributed by atoms with van der Waals surface area (Å²) in [5, 5.41) is 3.38. The van der Waals surface area contributed by atoms with Gasteiger partial charge in [0.2, 0.25) is 0 Å². The standard InChI is InChI=1S/C16H25BrN4O2/c1-16(2,3)23-15(22)21-6-4-11(5-7-21)9-19-13-8-14(17)20-10-12(13)18/h8,10-11H,4-7,9,18H2,1-3H3,(H,19,20). The first-order valence-corrected chi connectivity index (χ1v) is 8.67. The molecule has 3 N–H and O–H groups in total. The topological polar surface area (TPSA) is 80.5 Å². The van der Waals surface area contributed by atoms with Gasteiger partial charge in [-0.2, -0.15) is 0 Å². The number of nitrogen functional groups attached to an aromatic ring is 1. The van der Waals surface area contributed by atoms with Gasteiger partial charge >= 0.3 is 6.09 Å². The molecule has 6 nitrogen and oxygen atoms in total. The van der Waals surface area contributed by atoms with Gasteiger partial charge in [0.05, 0.1) is 17.6 Å². The van der Waals surface area contributed by atoms with Crippen LogP contribution >= 0.6 is 15.9 Å². The van der Waals surface area contributed by atoms with E-state index in [2.05, 4.69) is 26.2 Å². The van der Waals surface area contributed by atoms with E-state index in [1.54, 1.807) is 11.1 Å². The van der Waals surface area contributed by atoms with Crippen molar-refractivity contribution in [3.8, 4) is 0 Å². The highest BCUT2D eigenvalue weighted by Crippen LogP contribution is 2.24.